The zero-order valence-electron chi connectivity index (χ0n) is 6.12. The average molecular weight is 186 g/mol. The summed E-state index contributed by atoms with van der Waals surface area (Å²) >= 11 is 9.06. The quantitative estimate of drug-likeness (QED) is 0.372. The molecule has 0 amide bonds. The lowest BCUT2D eigenvalue weighted by Crippen LogP contribution is -1.58. The summed E-state index contributed by atoms with van der Waals surface area (Å²) in [5, 5.41) is 2.29. The third-order valence-corrected chi connectivity index (χ3v) is 1.02. The molecule has 0 N–H and O–H groups in total. The Morgan fingerprint density at radius 1 is 1.27 bits per heavy atom. The van der Waals surface area contributed by atoms with Crippen LogP contribution in [-0.2, 0) is 0 Å². The molecule has 11 heavy (non-hydrogen) atoms. The SMILES string of the molecule is CCl.S=C=Nc1ccccc1. The first-order valence-corrected chi connectivity index (χ1v) is 4.10. The topological polar surface area (TPSA) is 12.4 Å². The molecule has 1 rings (SSSR count). The van der Waals surface area contributed by atoms with Gasteiger partial charge < -0.3 is 0 Å². The summed E-state index contributed by atoms with van der Waals surface area (Å²) in [6.07, 6.45) is 1.47. The van der Waals surface area contributed by atoms with Crippen molar-refractivity contribution in [1.82, 2.24) is 0 Å². The third-order valence-electron chi connectivity index (χ3n) is 0.931. The maximum atomic E-state index is 4.64. The molecule has 1 nitrogen and oxygen atoms in total. The Kier molecular flexibility index (Phi) is 6.95. The van der Waals surface area contributed by atoms with Gasteiger partial charge in [0.2, 0.25) is 0 Å². The predicted octanol–water partition coefficient (Wildman–Crippen LogP) is 3.28. The van der Waals surface area contributed by atoms with Gasteiger partial charge in [-0.3, -0.25) is 0 Å². The van der Waals surface area contributed by atoms with Crippen molar-refractivity contribution in [3.63, 3.8) is 0 Å². The standard InChI is InChI=1S/C7H5NS.CH3Cl/c9-6-8-7-4-2-1-3-5-7;1-2/h1-5H;1H3. The lowest BCUT2D eigenvalue weighted by Gasteiger charge is -1.83. The van der Waals surface area contributed by atoms with E-state index >= 15 is 0 Å². The number of halogens is 1. The summed E-state index contributed by atoms with van der Waals surface area (Å²) in [4.78, 5) is 3.77. The predicted molar refractivity (Wildman–Crippen MR) is 52.9 cm³/mol. The Bertz CT molecular complexity index is 229. The summed E-state index contributed by atoms with van der Waals surface area (Å²) < 4.78 is 0. The van der Waals surface area contributed by atoms with Gasteiger partial charge in [-0.2, -0.15) is 4.99 Å². The van der Waals surface area contributed by atoms with E-state index in [1.165, 1.54) is 6.38 Å². The van der Waals surface area contributed by atoms with Crippen molar-refractivity contribution in [3.05, 3.63) is 30.3 Å². The van der Waals surface area contributed by atoms with Crippen LogP contribution in [0.25, 0.3) is 0 Å². The summed E-state index contributed by atoms with van der Waals surface area (Å²) in [7, 11) is 0. The monoisotopic (exact) mass is 185 g/mol. The Morgan fingerprint density at radius 3 is 2.27 bits per heavy atom. The number of nitrogens with zero attached hydrogens (tertiary/aromatic N) is 1. The number of aliphatic imine (C=N–C) groups is 1. The zero-order chi connectivity index (χ0) is 8.53. The molecule has 0 bridgehead atoms. The Labute approximate surface area is 76.7 Å². The van der Waals surface area contributed by atoms with Crippen LogP contribution in [0.1, 0.15) is 0 Å². The third kappa shape index (κ3) is 4.68. The molecule has 1 aromatic carbocycles. The van der Waals surface area contributed by atoms with Crippen LogP contribution in [0, 0.1) is 0 Å². The van der Waals surface area contributed by atoms with Gasteiger partial charge in [-0.1, -0.05) is 18.2 Å². The van der Waals surface area contributed by atoms with Crippen LogP contribution in [0.15, 0.2) is 35.3 Å². The molecule has 58 valence electrons. The highest BCUT2D eigenvalue weighted by Gasteiger charge is 1.79. The smallest absolute Gasteiger partial charge is 0.0739 e. The zero-order valence-corrected chi connectivity index (χ0v) is 7.69. The minimum Gasteiger partial charge on any atom is -0.195 e. The second-order valence-corrected chi connectivity index (χ2v) is 1.72. The number of rotatable bonds is 1. The van der Waals surface area contributed by atoms with Gasteiger partial charge >= 0.3 is 0 Å². The number of alkyl halides is 1. The first kappa shape index (κ1) is 10.3. The molecule has 0 heterocycles. The molecular formula is C8H8ClNS. The number of hydrogen-bond acceptors (Lipinski definition) is 2. The fourth-order valence-corrected chi connectivity index (χ4v) is 0.661. The molecular weight excluding hydrogens is 178 g/mol. The molecule has 3 heteroatoms. The largest absolute Gasteiger partial charge is 0.195 e. The lowest BCUT2D eigenvalue weighted by molar-refractivity contribution is 1.55. The molecule has 0 aliphatic heterocycles. The Hall–Kier alpha value is -0.690. The number of thiocarbonyl (C=S) groups is 1. The van der Waals surface area contributed by atoms with Crippen LogP contribution in [-0.4, -0.2) is 11.5 Å². The second kappa shape index (κ2) is 7.42. The molecule has 0 saturated carbocycles. The normalized spacial score (nSPS) is 7.09. The first-order chi connectivity index (χ1) is 5.43. The Balaban J connectivity index is 0.000000461. The highest BCUT2D eigenvalue weighted by atomic mass is 35.5. The highest BCUT2D eigenvalue weighted by molar-refractivity contribution is 7.78. The van der Waals surface area contributed by atoms with Gasteiger partial charge in [0.05, 0.1) is 10.8 Å². The van der Waals surface area contributed by atoms with E-state index in [1.807, 2.05) is 30.3 Å². The lowest BCUT2D eigenvalue weighted by atomic mass is 10.3. The van der Waals surface area contributed by atoms with E-state index in [2.05, 4.69) is 34.0 Å². The molecule has 0 spiro atoms. The number of hydrogen-bond donors (Lipinski definition) is 0. The number of benzene rings is 1. The molecule has 0 aliphatic rings. The van der Waals surface area contributed by atoms with Gasteiger partial charge in [0.25, 0.3) is 0 Å². The summed E-state index contributed by atoms with van der Waals surface area (Å²) in [5.74, 6) is 0. The molecule has 0 aromatic heterocycles. The van der Waals surface area contributed by atoms with Gasteiger partial charge in [0.15, 0.2) is 0 Å². The number of isothiocyanates is 1. The van der Waals surface area contributed by atoms with Crippen LogP contribution in [0.5, 0.6) is 0 Å². The summed E-state index contributed by atoms with van der Waals surface area (Å²) in [6, 6.07) is 9.50. The van der Waals surface area contributed by atoms with Crippen molar-refractivity contribution in [2.45, 2.75) is 0 Å². The van der Waals surface area contributed by atoms with E-state index in [0.29, 0.717) is 0 Å². The van der Waals surface area contributed by atoms with Crippen molar-refractivity contribution in [2.24, 2.45) is 4.99 Å². The van der Waals surface area contributed by atoms with Crippen LogP contribution >= 0.6 is 23.8 Å². The van der Waals surface area contributed by atoms with Crippen LogP contribution in [0.2, 0.25) is 0 Å². The average Bonchev–Trinajstić information content (AvgIpc) is 2.11. The van der Waals surface area contributed by atoms with Gasteiger partial charge in [-0.25, -0.2) is 0 Å². The van der Waals surface area contributed by atoms with E-state index in [1.54, 1.807) is 0 Å². The van der Waals surface area contributed by atoms with Crippen LogP contribution in [0.4, 0.5) is 5.69 Å². The van der Waals surface area contributed by atoms with Gasteiger partial charge in [-0.15, -0.1) is 11.6 Å². The fraction of sp³-hybridized carbons (Fsp3) is 0.125. The minimum absolute atomic E-state index is 0.854. The van der Waals surface area contributed by atoms with Crippen molar-refractivity contribution in [1.29, 1.82) is 0 Å². The summed E-state index contributed by atoms with van der Waals surface area (Å²) in [6.45, 7) is 0. The summed E-state index contributed by atoms with van der Waals surface area (Å²) in [5.41, 5.74) is 0.854. The fourth-order valence-electron chi connectivity index (χ4n) is 0.555. The Morgan fingerprint density at radius 2 is 1.82 bits per heavy atom. The second-order valence-electron chi connectivity index (χ2n) is 1.54. The van der Waals surface area contributed by atoms with Gasteiger partial charge in [0, 0.05) is 6.38 Å². The van der Waals surface area contributed by atoms with Gasteiger partial charge in [-0.05, 0) is 24.4 Å². The van der Waals surface area contributed by atoms with Crippen LogP contribution in [0.3, 0.4) is 0 Å². The molecule has 0 fully saturated rings. The van der Waals surface area contributed by atoms with Crippen molar-refractivity contribution in [3.8, 4) is 0 Å². The molecule has 0 aliphatic carbocycles. The van der Waals surface area contributed by atoms with Gasteiger partial charge in [0.1, 0.15) is 0 Å². The minimum atomic E-state index is 0.854. The molecule has 0 radical (unpaired) electrons. The van der Waals surface area contributed by atoms with E-state index in [4.69, 9.17) is 0 Å². The van der Waals surface area contributed by atoms with E-state index in [0.717, 1.165) is 5.69 Å². The maximum absolute atomic E-state index is 4.64. The van der Waals surface area contributed by atoms with Crippen molar-refractivity contribution in [2.75, 3.05) is 6.38 Å². The van der Waals surface area contributed by atoms with E-state index < -0.39 is 0 Å². The molecule has 0 atom stereocenters. The molecule has 0 saturated heterocycles. The maximum Gasteiger partial charge on any atom is 0.0739 e. The van der Waals surface area contributed by atoms with Crippen molar-refractivity contribution < 1.29 is 0 Å². The van der Waals surface area contributed by atoms with Crippen LogP contribution < -0.4 is 0 Å². The van der Waals surface area contributed by atoms with E-state index in [9.17, 15) is 0 Å². The number of para-hydroxylation sites is 1. The molecule has 1 aromatic rings. The highest BCUT2D eigenvalue weighted by Crippen LogP contribution is 2.07. The first-order valence-electron chi connectivity index (χ1n) is 2.94. The van der Waals surface area contributed by atoms with Crippen molar-refractivity contribution >= 4 is 34.7 Å². The molecule has 0 unspecified atom stereocenters. The van der Waals surface area contributed by atoms with E-state index in [-0.39, 0.29) is 0 Å².